The van der Waals surface area contributed by atoms with Gasteiger partial charge in [0.05, 0.1) is 19.8 Å². The van der Waals surface area contributed by atoms with Crippen LogP contribution in [0.15, 0.2) is 4.99 Å². The fourth-order valence-electron chi connectivity index (χ4n) is 2.64. The van der Waals surface area contributed by atoms with Crippen LogP contribution in [0, 0.1) is 0 Å². The summed E-state index contributed by atoms with van der Waals surface area (Å²) >= 11 is 0. The third-order valence-electron chi connectivity index (χ3n) is 4.16. The lowest BCUT2D eigenvalue weighted by atomic mass is 10.0. The monoisotopic (exact) mass is 440 g/mol. The van der Waals surface area contributed by atoms with Gasteiger partial charge >= 0.3 is 0 Å². The van der Waals surface area contributed by atoms with E-state index in [0.29, 0.717) is 0 Å². The Bertz CT molecular complexity index is 318. The summed E-state index contributed by atoms with van der Waals surface area (Å²) in [6.07, 6.45) is 5.11. The maximum absolute atomic E-state index is 5.44. The lowest BCUT2D eigenvalue weighted by molar-refractivity contribution is -0.00683. The predicted octanol–water partition coefficient (Wildman–Crippen LogP) is 2.85. The van der Waals surface area contributed by atoms with E-state index in [1.807, 2.05) is 0 Å². The van der Waals surface area contributed by atoms with E-state index in [4.69, 9.17) is 9.73 Å². The summed E-state index contributed by atoms with van der Waals surface area (Å²) in [4.78, 5) is 7.27. The number of rotatable bonds is 9. The molecule has 0 aromatic carbocycles. The first kappa shape index (κ1) is 22.9. The second-order valence-corrected chi connectivity index (χ2v) is 6.59. The Hall–Kier alpha value is -0.0800. The molecule has 0 aromatic rings. The first-order valence-corrected chi connectivity index (χ1v) is 8.95. The van der Waals surface area contributed by atoms with E-state index >= 15 is 0 Å². The minimum Gasteiger partial charge on any atom is -0.379 e. The molecule has 0 atom stereocenters. The summed E-state index contributed by atoms with van der Waals surface area (Å²) in [5, 5.41) is 6.80. The Morgan fingerprint density at radius 3 is 2.39 bits per heavy atom. The second kappa shape index (κ2) is 13.2. The zero-order chi connectivity index (χ0) is 16.3. The van der Waals surface area contributed by atoms with Gasteiger partial charge in [-0.25, -0.2) is 0 Å². The van der Waals surface area contributed by atoms with Crippen LogP contribution in [0.4, 0.5) is 0 Å². The fraction of sp³-hybridized carbons (Fsp3) is 0.941. The number of aliphatic imine (C=N–C) groups is 1. The normalized spacial score (nSPS) is 16.8. The molecule has 0 aromatic heterocycles. The van der Waals surface area contributed by atoms with Crippen molar-refractivity contribution in [3.63, 3.8) is 0 Å². The molecule has 1 heterocycles. The van der Waals surface area contributed by atoms with E-state index in [0.717, 1.165) is 51.9 Å². The van der Waals surface area contributed by atoms with Crippen molar-refractivity contribution in [3.05, 3.63) is 0 Å². The number of nitrogens with one attached hydrogen (secondary N) is 2. The smallest absolute Gasteiger partial charge is 0.191 e. The van der Waals surface area contributed by atoms with Gasteiger partial charge in [0.1, 0.15) is 0 Å². The molecule has 6 heteroatoms. The summed E-state index contributed by atoms with van der Waals surface area (Å²) in [5.74, 6) is 0.945. The number of halogens is 1. The summed E-state index contributed by atoms with van der Waals surface area (Å²) < 4.78 is 5.44. The molecule has 1 fully saturated rings. The van der Waals surface area contributed by atoms with Crippen LogP contribution in [0.3, 0.4) is 0 Å². The molecule has 0 amide bonds. The minimum atomic E-state index is 0. The van der Waals surface area contributed by atoms with Crippen LogP contribution in [-0.2, 0) is 4.74 Å². The third-order valence-corrected chi connectivity index (χ3v) is 4.16. The van der Waals surface area contributed by atoms with Crippen LogP contribution in [-0.4, -0.2) is 62.3 Å². The summed E-state index contributed by atoms with van der Waals surface area (Å²) in [7, 11) is 0. The van der Waals surface area contributed by atoms with Crippen molar-refractivity contribution in [2.45, 2.75) is 58.9 Å². The molecule has 1 saturated heterocycles. The van der Waals surface area contributed by atoms with Gasteiger partial charge in [-0.05, 0) is 27.2 Å². The lowest BCUT2D eigenvalue weighted by Crippen LogP contribution is -2.52. The standard InChI is InChI=1S/C17H36N4O.HI/c1-5-7-8-9-10-19-16(18-6-2)20-15-17(3,4)21-11-13-22-14-12-21;/h5-15H2,1-4H3,(H2,18,19,20);1H. The molecule has 0 saturated carbocycles. The molecule has 1 rings (SSSR count). The average Bonchev–Trinajstić information content (AvgIpc) is 2.53. The fourth-order valence-corrected chi connectivity index (χ4v) is 2.64. The molecule has 0 bridgehead atoms. The van der Waals surface area contributed by atoms with Crippen LogP contribution in [0.25, 0.3) is 0 Å². The van der Waals surface area contributed by atoms with Crippen molar-refractivity contribution in [3.8, 4) is 0 Å². The van der Waals surface area contributed by atoms with Crippen molar-refractivity contribution >= 4 is 29.9 Å². The first-order valence-electron chi connectivity index (χ1n) is 8.95. The van der Waals surface area contributed by atoms with E-state index in [1.165, 1.54) is 25.7 Å². The van der Waals surface area contributed by atoms with Crippen LogP contribution >= 0.6 is 24.0 Å². The van der Waals surface area contributed by atoms with Gasteiger partial charge in [0.2, 0.25) is 0 Å². The summed E-state index contributed by atoms with van der Waals surface area (Å²) in [6.45, 7) is 15.3. The van der Waals surface area contributed by atoms with Gasteiger partial charge in [-0.1, -0.05) is 26.2 Å². The van der Waals surface area contributed by atoms with E-state index in [2.05, 4.69) is 43.2 Å². The molecule has 0 unspecified atom stereocenters. The highest BCUT2D eigenvalue weighted by Gasteiger charge is 2.27. The zero-order valence-corrected chi connectivity index (χ0v) is 17.8. The Kier molecular flexibility index (Phi) is 13.2. The minimum absolute atomic E-state index is 0. The van der Waals surface area contributed by atoms with E-state index in [-0.39, 0.29) is 29.5 Å². The van der Waals surface area contributed by atoms with Gasteiger partial charge in [-0.15, -0.1) is 24.0 Å². The van der Waals surface area contributed by atoms with Gasteiger partial charge in [-0.3, -0.25) is 9.89 Å². The molecule has 0 radical (unpaired) electrons. The zero-order valence-electron chi connectivity index (χ0n) is 15.5. The maximum atomic E-state index is 5.44. The van der Waals surface area contributed by atoms with Crippen molar-refractivity contribution in [1.29, 1.82) is 0 Å². The van der Waals surface area contributed by atoms with Gasteiger partial charge in [0.25, 0.3) is 0 Å². The first-order chi connectivity index (χ1) is 10.6. The third kappa shape index (κ3) is 9.72. The number of nitrogens with zero attached hydrogens (tertiary/aromatic N) is 2. The Labute approximate surface area is 160 Å². The molecule has 0 aliphatic carbocycles. The van der Waals surface area contributed by atoms with Crippen molar-refractivity contribution in [2.24, 2.45) is 4.99 Å². The highest BCUT2D eigenvalue weighted by atomic mass is 127. The lowest BCUT2D eigenvalue weighted by Gasteiger charge is -2.39. The van der Waals surface area contributed by atoms with E-state index in [9.17, 15) is 0 Å². The number of ether oxygens (including phenoxy) is 1. The molecular weight excluding hydrogens is 403 g/mol. The number of hydrogen-bond acceptors (Lipinski definition) is 3. The highest BCUT2D eigenvalue weighted by Crippen LogP contribution is 2.16. The SMILES string of the molecule is CCCCCCNC(=NCC(C)(C)N1CCOCC1)NCC.I. The van der Waals surface area contributed by atoms with Crippen LogP contribution in [0.1, 0.15) is 53.4 Å². The molecule has 0 spiro atoms. The van der Waals surface area contributed by atoms with Crippen LogP contribution < -0.4 is 10.6 Å². The molecule has 23 heavy (non-hydrogen) atoms. The van der Waals surface area contributed by atoms with Crippen molar-refractivity contribution in [2.75, 3.05) is 45.9 Å². The van der Waals surface area contributed by atoms with Gasteiger partial charge in [0.15, 0.2) is 5.96 Å². The maximum Gasteiger partial charge on any atom is 0.191 e. The van der Waals surface area contributed by atoms with Crippen molar-refractivity contribution in [1.82, 2.24) is 15.5 Å². The second-order valence-electron chi connectivity index (χ2n) is 6.59. The number of morpholine rings is 1. The van der Waals surface area contributed by atoms with E-state index < -0.39 is 0 Å². The quantitative estimate of drug-likeness (QED) is 0.251. The Morgan fingerprint density at radius 1 is 1.09 bits per heavy atom. The molecule has 5 nitrogen and oxygen atoms in total. The Balaban J connectivity index is 0.00000484. The highest BCUT2D eigenvalue weighted by molar-refractivity contribution is 14.0. The van der Waals surface area contributed by atoms with Crippen molar-refractivity contribution < 1.29 is 4.74 Å². The molecule has 1 aliphatic heterocycles. The topological polar surface area (TPSA) is 48.9 Å². The molecular formula is C17H37IN4O. The number of hydrogen-bond donors (Lipinski definition) is 2. The molecule has 1 aliphatic rings. The summed E-state index contributed by atoms with van der Waals surface area (Å²) in [5.41, 5.74) is 0.0777. The average molecular weight is 440 g/mol. The summed E-state index contributed by atoms with van der Waals surface area (Å²) in [6, 6.07) is 0. The van der Waals surface area contributed by atoms with Gasteiger partial charge in [-0.2, -0.15) is 0 Å². The van der Waals surface area contributed by atoms with E-state index in [1.54, 1.807) is 0 Å². The van der Waals surface area contributed by atoms with Crippen LogP contribution in [0.2, 0.25) is 0 Å². The molecule has 2 N–H and O–H groups in total. The largest absolute Gasteiger partial charge is 0.379 e. The predicted molar refractivity (Wildman–Crippen MR) is 110 cm³/mol. The van der Waals surface area contributed by atoms with Gasteiger partial charge < -0.3 is 15.4 Å². The number of unbranched alkanes of at least 4 members (excludes halogenated alkanes) is 3. The Morgan fingerprint density at radius 2 is 1.78 bits per heavy atom. The van der Waals surface area contributed by atoms with Gasteiger partial charge in [0, 0.05) is 31.7 Å². The number of guanidine groups is 1. The molecule has 138 valence electrons. The van der Waals surface area contributed by atoms with Crippen LogP contribution in [0.5, 0.6) is 0 Å².